The van der Waals surface area contributed by atoms with Gasteiger partial charge in [-0.25, -0.2) is 4.79 Å². The molecule has 1 atom stereocenters. The first kappa shape index (κ1) is 33.3. The number of rotatable bonds is 4. The average Bonchev–Trinajstić information content (AvgIpc) is 3.39. The van der Waals surface area contributed by atoms with Gasteiger partial charge in [0.2, 0.25) is 0 Å². The van der Waals surface area contributed by atoms with Crippen LogP contribution in [-0.4, -0.2) is 89.5 Å². The van der Waals surface area contributed by atoms with E-state index in [1.807, 2.05) is 60.9 Å². The van der Waals surface area contributed by atoms with Gasteiger partial charge in [0.05, 0.1) is 10.6 Å². The van der Waals surface area contributed by atoms with Crippen molar-refractivity contribution in [3.05, 3.63) is 46.6 Å². The summed E-state index contributed by atoms with van der Waals surface area (Å²) in [5.74, 6) is 1.95. The van der Waals surface area contributed by atoms with Crippen molar-refractivity contribution in [1.29, 1.82) is 5.26 Å². The molecule has 47 heavy (non-hydrogen) atoms. The Morgan fingerprint density at radius 2 is 1.57 bits per heavy atom. The van der Waals surface area contributed by atoms with Gasteiger partial charge in [0.25, 0.3) is 5.91 Å². The summed E-state index contributed by atoms with van der Waals surface area (Å²) in [4.78, 5) is 34.3. The molecule has 4 aliphatic rings. The van der Waals surface area contributed by atoms with Crippen LogP contribution in [0.15, 0.2) is 30.3 Å². The molecule has 0 N–H and O–H groups in total. The summed E-state index contributed by atoms with van der Waals surface area (Å²) in [6, 6.07) is 12.1. The summed E-state index contributed by atoms with van der Waals surface area (Å²) in [7, 11) is 0. The lowest BCUT2D eigenvalue weighted by atomic mass is 9.77. The normalized spacial score (nSPS) is 22.4. The topological polar surface area (TPSA) is 106 Å². The Kier molecular flexibility index (Phi) is 9.57. The van der Waals surface area contributed by atoms with E-state index in [-0.39, 0.29) is 17.4 Å². The minimum absolute atomic E-state index is 0.0391. The fourth-order valence-corrected chi connectivity index (χ4v) is 8.45. The second kappa shape index (κ2) is 13.5. The number of hydrogen-bond acceptors (Lipinski definition) is 8. The summed E-state index contributed by atoms with van der Waals surface area (Å²) >= 11 is 6.35. The van der Waals surface area contributed by atoms with E-state index in [0.717, 1.165) is 102 Å². The summed E-state index contributed by atoms with van der Waals surface area (Å²) in [6.45, 7) is 13.7. The van der Waals surface area contributed by atoms with E-state index in [9.17, 15) is 14.9 Å². The molecule has 4 fully saturated rings. The summed E-state index contributed by atoms with van der Waals surface area (Å²) < 4.78 is 5.55. The van der Waals surface area contributed by atoms with Gasteiger partial charge in [-0.15, -0.1) is 10.2 Å². The summed E-state index contributed by atoms with van der Waals surface area (Å²) in [6.07, 6.45) is 6.99. The van der Waals surface area contributed by atoms with Crippen LogP contribution in [0.4, 0.5) is 16.3 Å². The third-order valence-corrected chi connectivity index (χ3v) is 11.2. The number of likely N-dealkylation sites (tertiary alicyclic amines) is 2. The van der Waals surface area contributed by atoms with E-state index in [0.29, 0.717) is 34.2 Å². The first-order valence-corrected chi connectivity index (χ1v) is 17.6. The molecule has 0 unspecified atom stereocenters. The minimum Gasteiger partial charge on any atom is -0.444 e. The van der Waals surface area contributed by atoms with Gasteiger partial charge in [0.1, 0.15) is 11.7 Å². The Hall–Kier alpha value is -3.58. The van der Waals surface area contributed by atoms with Crippen LogP contribution >= 0.6 is 11.6 Å². The van der Waals surface area contributed by atoms with Gasteiger partial charge in [-0.3, -0.25) is 4.79 Å². The lowest BCUT2D eigenvalue weighted by Crippen LogP contribution is -2.45. The molecule has 0 bridgehead atoms. The smallest absolute Gasteiger partial charge is 0.410 e. The van der Waals surface area contributed by atoms with E-state index >= 15 is 0 Å². The maximum Gasteiger partial charge on any atom is 0.410 e. The first-order valence-electron chi connectivity index (χ1n) is 17.3. The van der Waals surface area contributed by atoms with E-state index in [1.165, 1.54) is 0 Å². The molecule has 0 radical (unpaired) electrons. The molecule has 0 saturated carbocycles. The van der Waals surface area contributed by atoms with E-state index < -0.39 is 5.60 Å². The number of anilines is 2. The highest BCUT2D eigenvalue weighted by atomic mass is 35.5. The second-order valence-corrected chi connectivity index (χ2v) is 15.6. The molecule has 1 aromatic heterocycles. The third-order valence-electron chi connectivity index (χ3n) is 10.9. The number of amides is 2. The Morgan fingerprint density at radius 3 is 2.13 bits per heavy atom. The predicted molar refractivity (Wildman–Crippen MR) is 183 cm³/mol. The van der Waals surface area contributed by atoms with E-state index in [1.54, 1.807) is 0 Å². The van der Waals surface area contributed by atoms with Gasteiger partial charge in [-0.1, -0.05) is 11.6 Å². The molecule has 0 aliphatic carbocycles. The molecular formula is C36H48ClN7O3. The van der Waals surface area contributed by atoms with Crippen LogP contribution < -0.4 is 9.80 Å². The van der Waals surface area contributed by atoms with Crippen molar-refractivity contribution >= 4 is 35.1 Å². The van der Waals surface area contributed by atoms with Crippen LogP contribution in [0.25, 0.3) is 0 Å². The zero-order chi connectivity index (χ0) is 33.3. The lowest BCUT2D eigenvalue weighted by Gasteiger charge is -2.40. The van der Waals surface area contributed by atoms with Crippen LogP contribution in [0.5, 0.6) is 0 Å². The zero-order valence-corrected chi connectivity index (χ0v) is 29.0. The molecule has 6 rings (SSSR count). The van der Waals surface area contributed by atoms with E-state index in [4.69, 9.17) is 16.3 Å². The van der Waals surface area contributed by atoms with Crippen LogP contribution in [0.3, 0.4) is 0 Å². The molecule has 4 saturated heterocycles. The van der Waals surface area contributed by atoms with Crippen molar-refractivity contribution in [2.45, 2.75) is 84.3 Å². The number of piperidine rings is 3. The standard InChI is InChI=1S/C36H48ClN7O3/c1-25-22-36(24-44(25)29-6-5-28(23-38)30(37)21-29)13-19-41(20-14-36)32-8-7-31(39-40-32)33(45)42-15-9-26(10-16-42)27-11-17-43(18-12-27)34(46)47-35(2,3)4/h5-8,21,25-27H,9-20,22,24H2,1-4H3/t25-/m0/s1. The molecule has 2 aromatic rings. The number of benzene rings is 1. The molecule has 4 aliphatic heterocycles. The van der Waals surface area contributed by atoms with Crippen molar-refractivity contribution < 1.29 is 14.3 Å². The van der Waals surface area contributed by atoms with Crippen molar-refractivity contribution in [1.82, 2.24) is 20.0 Å². The van der Waals surface area contributed by atoms with E-state index in [2.05, 4.69) is 33.0 Å². The van der Waals surface area contributed by atoms with Crippen molar-refractivity contribution in [2.24, 2.45) is 17.3 Å². The van der Waals surface area contributed by atoms with Gasteiger partial charge in [0.15, 0.2) is 11.5 Å². The molecule has 11 heteroatoms. The number of ether oxygens (including phenoxy) is 1. The summed E-state index contributed by atoms with van der Waals surface area (Å²) in [5, 5.41) is 18.6. The van der Waals surface area contributed by atoms with Crippen LogP contribution in [0.2, 0.25) is 5.02 Å². The molecule has 252 valence electrons. The number of nitriles is 1. The van der Waals surface area contributed by atoms with Crippen LogP contribution in [-0.2, 0) is 4.74 Å². The summed E-state index contributed by atoms with van der Waals surface area (Å²) in [5.41, 5.74) is 1.76. The SMILES string of the molecule is C[C@H]1CC2(CCN(c3ccc(C(=O)N4CCC(C5CCN(C(=O)OC(C)(C)C)CC5)CC4)nn3)CC2)CN1c1ccc(C#N)c(Cl)c1. The monoisotopic (exact) mass is 661 g/mol. The number of carbonyl (C=O) groups is 2. The fourth-order valence-electron chi connectivity index (χ4n) is 8.23. The first-order chi connectivity index (χ1) is 22.4. The fraction of sp³-hybridized carbons (Fsp3) is 0.639. The number of nitrogens with zero attached hydrogens (tertiary/aromatic N) is 7. The molecule has 1 aromatic carbocycles. The van der Waals surface area contributed by atoms with Gasteiger partial charge >= 0.3 is 6.09 Å². The van der Waals surface area contributed by atoms with Gasteiger partial charge in [0, 0.05) is 57.5 Å². The van der Waals surface area contributed by atoms with Crippen LogP contribution in [0.1, 0.15) is 88.7 Å². The molecule has 2 amide bonds. The maximum atomic E-state index is 13.3. The number of hydrogen-bond donors (Lipinski definition) is 0. The Bertz CT molecular complexity index is 1480. The Balaban J connectivity index is 0.962. The maximum absolute atomic E-state index is 13.3. The van der Waals surface area contributed by atoms with Gasteiger partial charge in [-0.2, -0.15) is 5.26 Å². The largest absolute Gasteiger partial charge is 0.444 e. The molecule has 1 spiro atoms. The minimum atomic E-state index is -0.474. The van der Waals surface area contributed by atoms with Crippen molar-refractivity contribution in [2.75, 3.05) is 55.6 Å². The second-order valence-electron chi connectivity index (χ2n) is 15.2. The van der Waals surface area contributed by atoms with Crippen LogP contribution in [0, 0.1) is 28.6 Å². The number of carbonyl (C=O) groups excluding carboxylic acids is 2. The van der Waals surface area contributed by atoms with Crippen molar-refractivity contribution in [3.63, 3.8) is 0 Å². The zero-order valence-electron chi connectivity index (χ0n) is 28.3. The molecule has 10 nitrogen and oxygen atoms in total. The molecule has 5 heterocycles. The third kappa shape index (κ3) is 7.45. The highest BCUT2D eigenvalue weighted by Gasteiger charge is 2.44. The number of aromatic nitrogens is 2. The quantitative estimate of drug-likeness (QED) is 0.371. The van der Waals surface area contributed by atoms with Gasteiger partial charge in [-0.05, 0) is 120 Å². The lowest BCUT2D eigenvalue weighted by molar-refractivity contribution is 0.0133. The predicted octanol–water partition coefficient (Wildman–Crippen LogP) is 6.39. The molecular weight excluding hydrogens is 614 g/mol. The van der Waals surface area contributed by atoms with Crippen molar-refractivity contribution in [3.8, 4) is 6.07 Å². The number of halogens is 1. The van der Waals surface area contributed by atoms with Gasteiger partial charge < -0.3 is 24.3 Å². The average molecular weight is 662 g/mol. The highest BCUT2D eigenvalue weighted by Crippen LogP contribution is 2.46. The Labute approximate surface area is 284 Å². The highest BCUT2D eigenvalue weighted by molar-refractivity contribution is 6.32. The Morgan fingerprint density at radius 1 is 0.936 bits per heavy atom.